The second-order valence-corrected chi connectivity index (χ2v) is 6.84. The van der Waals surface area contributed by atoms with E-state index in [9.17, 15) is 9.59 Å². The Kier molecular flexibility index (Phi) is 4.65. The lowest BCUT2D eigenvalue weighted by molar-refractivity contribution is -0.130. The molecule has 4 rings (SSSR count). The third kappa shape index (κ3) is 3.26. The van der Waals surface area contributed by atoms with Crippen molar-refractivity contribution in [1.29, 1.82) is 0 Å². The fraction of sp³-hybridized carbons (Fsp3) is 0.238. The van der Waals surface area contributed by atoms with Crippen LogP contribution in [0.5, 0.6) is 0 Å². The number of aromatic nitrogens is 4. The minimum atomic E-state index is -0.247. The fourth-order valence-corrected chi connectivity index (χ4v) is 3.33. The Bertz CT molecular complexity index is 1220. The van der Waals surface area contributed by atoms with Crippen LogP contribution >= 0.6 is 0 Å². The van der Waals surface area contributed by atoms with E-state index in [1.54, 1.807) is 24.3 Å². The first kappa shape index (κ1) is 17.9. The van der Waals surface area contributed by atoms with Gasteiger partial charge in [0.1, 0.15) is 6.54 Å². The molecule has 0 spiro atoms. The minimum Gasteiger partial charge on any atom is -0.342 e. The Labute approximate surface area is 161 Å². The van der Waals surface area contributed by atoms with E-state index in [2.05, 4.69) is 10.1 Å². The van der Waals surface area contributed by atoms with Crippen molar-refractivity contribution in [2.75, 3.05) is 13.6 Å². The molecule has 0 aliphatic carbocycles. The SMILES string of the molecule is Cc1nn(CC(=O)N(C)CCn2cnc3ccccc32)c(=O)c2ccccc12. The van der Waals surface area contributed by atoms with Gasteiger partial charge in [-0.15, -0.1) is 0 Å². The molecule has 2 aromatic carbocycles. The number of hydrogen-bond acceptors (Lipinski definition) is 4. The molecule has 0 radical (unpaired) electrons. The lowest BCUT2D eigenvalue weighted by Gasteiger charge is -2.18. The molecule has 0 fully saturated rings. The number of aryl methyl sites for hydroxylation is 1. The molecule has 7 heteroatoms. The Morgan fingerprint density at radius 1 is 1.07 bits per heavy atom. The Balaban J connectivity index is 1.48. The van der Waals surface area contributed by atoms with E-state index in [-0.39, 0.29) is 18.0 Å². The minimum absolute atomic E-state index is 0.0777. The van der Waals surface area contributed by atoms with Gasteiger partial charge in [0.15, 0.2) is 0 Å². The molecule has 0 saturated carbocycles. The average molecular weight is 375 g/mol. The standard InChI is InChI=1S/C21H21N5O2/c1-15-16-7-3-4-8-17(16)21(28)26(23-15)13-20(27)24(2)11-12-25-14-22-18-9-5-6-10-19(18)25/h3-10,14H,11-13H2,1-2H3. The van der Waals surface area contributed by atoms with Crippen LogP contribution in [0.4, 0.5) is 0 Å². The van der Waals surface area contributed by atoms with Crippen LogP contribution in [0.1, 0.15) is 5.69 Å². The monoisotopic (exact) mass is 375 g/mol. The summed E-state index contributed by atoms with van der Waals surface area (Å²) in [6.07, 6.45) is 1.78. The van der Waals surface area contributed by atoms with Gasteiger partial charge in [0.05, 0.1) is 28.4 Å². The summed E-state index contributed by atoms with van der Waals surface area (Å²) in [5.41, 5.74) is 2.45. The summed E-state index contributed by atoms with van der Waals surface area (Å²) in [7, 11) is 1.74. The zero-order chi connectivity index (χ0) is 19.7. The van der Waals surface area contributed by atoms with Gasteiger partial charge in [0.25, 0.3) is 5.56 Å². The van der Waals surface area contributed by atoms with Crippen LogP contribution < -0.4 is 5.56 Å². The number of nitrogens with zero attached hydrogens (tertiary/aromatic N) is 5. The van der Waals surface area contributed by atoms with Crippen molar-refractivity contribution in [3.8, 4) is 0 Å². The normalized spacial score (nSPS) is 11.2. The van der Waals surface area contributed by atoms with Gasteiger partial charge in [-0.05, 0) is 25.1 Å². The molecule has 0 atom stereocenters. The van der Waals surface area contributed by atoms with Gasteiger partial charge in [-0.2, -0.15) is 5.10 Å². The Hall–Kier alpha value is -3.48. The molecule has 0 saturated heterocycles. The highest BCUT2D eigenvalue weighted by Crippen LogP contribution is 2.13. The Morgan fingerprint density at radius 3 is 2.61 bits per heavy atom. The first-order valence-corrected chi connectivity index (χ1v) is 9.15. The van der Waals surface area contributed by atoms with Crippen LogP contribution in [0.2, 0.25) is 0 Å². The third-order valence-corrected chi connectivity index (χ3v) is 4.97. The summed E-state index contributed by atoms with van der Waals surface area (Å²) >= 11 is 0. The van der Waals surface area contributed by atoms with Gasteiger partial charge in [-0.3, -0.25) is 9.59 Å². The van der Waals surface area contributed by atoms with Crippen molar-refractivity contribution in [3.05, 3.63) is 70.9 Å². The maximum atomic E-state index is 12.6. The molecular formula is C21H21N5O2. The number of fused-ring (bicyclic) bond motifs is 2. The molecule has 1 amide bonds. The number of amides is 1. The lowest BCUT2D eigenvalue weighted by atomic mass is 10.1. The molecule has 2 heterocycles. The van der Waals surface area contributed by atoms with Crippen LogP contribution in [0.25, 0.3) is 21.8 Å². The number of rotatable bonds is 5. The van der Waals surface area contributed by atoms with Crippen LogP contribution in [0, 0.1) is 6.92 Å². The number of carbonyl (C=O) groups is 1. The smallest absolute Gasteiger partial charge is 0.275 e. The van der Waals surface area contributed by atoms with E-state index in [1.165, 1.54) is 4.68 Å². The number of hydrogen-bond donors (Lipinski definition) is 0. The summed E-state index contributed by atoms with van der Waals surface area (Å²) in [5, 5.41) is 5.71. The first-order valence-electron chi connectivity index (χ1n) is 9.15. The molecule has 0 bridgehead atoms. The van der Waals surface area contributed by atoms with E-state index in [1.807, 2.05) is 54.0 Å². The lowest BCUT2D eigenvalue weighted by Crippen LogP contribution is -2.36. The van der Waals surface area contributed by atoms with Gasteiger partial charge < -0.3 is 9.47 Å². The first-order chi connectivity index (χ1) is 13.5. The van der Waals surface area contributed by atoms with E-state index in [4.69, 9.17) is 0 Å². The topological polar surface area (TPSA) is 73.0 Å². The van der Waals surface area contributed by atoms with E-state index in [0.29, 0.717) is 18.5 Å². The fourth-order valence-electron chi connectivity index (χ4n) is 3.33. The van der Waals surface area contributed by atoms with E-state index in [0.717, 1.165) is 22.1 Å². The molecule has 28 heavy (non-hydrogen) atoms. The quantitative estimate of drug-likeness (QED) is 0.536. The van der Waals surface area contributed by atoms with Crippen molar-refractivity contribution in [3.63, 3.8) is 0 Å². The average Bonchev–Trinajstić information content (AvgIpc) is 3.13. The van der Waals surface area contributed by atoms with Gasteiger partial charge in [-0.1, -0.05) is 30.3 Å². The number of imidazole rings is 1. The van der Waals surface area contributed by atoms with Crippen LogP contribution in [-0.4, -0.2) is 43.7 Å². The number of likely N-dealkylation sites (N-methyl/N-ethyl adjacent to an activating group) is 1. The van der Waals surface area contributed by atoms with Crippen molar-refractivity contribution in [2.24, 2.45) is 0 Å². The highest BCUT2D eigenvalue weighted by atomic mass is 16.2. The highest BCUT2D eigenvalue weighted by Gasteiger charge is 2.14. The van der Waals surface area contributed by atoms with Gasteiger partial charge in [0, 0.05) is 25.5 Å². The third-order valence-electron chi connectivity index (χ3n) is 4.97. The molecule has 0 N–H and O–H groups in total. The zero-order valence-electron chi connectivity index (χ0n) is 15.9. The summed E-state index contributed by atoms with van der Waals surface area (Å²) < 4.78 is 3.27. The maximum Gasteiger partial charge on any atom is 0.275 e. The van der Waals surface area contributed by atoms with E-state index >= 15 is 0 Å². The number of benzene rings is 2. The van der Waals surface area contributed by atoms with Crippen LogP contribution in [-0.2, 0) is 17.9 Å². The highest BCUT2D eigenvalue weighted by molar-refractivity contribution is 5.83. The Morgan fingerprint density at radius 2 is 1.79 bits per heavy atom. The molecule has 4 aromatic rings. The molecule has 0 unspecified atom stereocenters. The van der Waals surface area contributed by atoms with Gasteiger partial charge in [0.2, 0.25) is 5.91 Å². The molecule has 0 aliphatic heterocycles. The summed E-state index contributed by atoms with van der Waals surface area (Å²) in [5.74, 6) is -0.159. The van der Waals surface area contributed by atoms with Crippen molar-refractivity contribution in [1.82, 2.24) is 24.2 Å². The maximum absolute atomic E-state index is 12.6. The largest absolute Gasteiger partial charge is 0.342 e. The molecule has 0 aliphatic rings. The molecule has 7 nitrogen and oxygen atoms in total. The number of para-hydroxylation sites is 2. The van der Waals surface area contributed by atoms with Crippen molar-refractivity contribution < 1.29 is 4.79 Å². The van der Waals surface area contributed by atoms with Crippen LogP contribution in [0.15, 0.2) is 59.7 Å². The molecule has 2 aromatic heterocycles. The second-order valence-electron chi connectivity index (χ2n) is 6.84. The summed E-state index contributed by atoms with van der Waals surface area (Å²) in [6, 6.07) is 15.2. The van der Waals surface area contributed by atoms with E-state index < -0.39 is 0 Å². The predicted molar refractivity (Wildman–Crippen MR) is 108 cm³/mol. The zero-order valence-corrected chi connectivity index (χ0v) is 15.9. The van der Waals surface area contributed by atoms with Crippen LogP contribution in [0.3, 0.4) is 0 Å². The number of carbonyl (C=O) groups excluding carboxylic acids is 1. The molecular weight excluding hydrogens is 354 g/mol. The predicted octanol–water partition coefficient (Wildman–Crippen LogP) is 2.21. The van der Waals surface area contributed by atoms with Crippen molar-refractivity contribution >= 4 is 27.7 Å². The van der Waals surface area contributed by atoms with Crippen molar-refractivity contribution in [2.45, 2.75) is 20.0 Å². The summed E-state index contributed by atoms with van der Waals surface area (Å²) in [6.45, 7) is 2.91. The summed E-state index contributed by atoms with van der Waals surface area (Å²) in [4.78, 5) is 31.3. The second kappa shape index (κ2) is 7.26. The van der Waals surface area contributed by atoms with Gasteiger partial charge in [-0.25, -0.2) is 9.67 Å². The molecule has 142 valence electrons. The van der Waals surface area contributed by atoms with Gasteiger partial charge >= 0.3 is 0 Å².